The Morgan fingerprint density at radius 3 is 1.96 bits per heavy atom. The van der Waals surface area contributed by atoms with E-state index in [2.05, 4.69) is 37.2 Å². The molecule has 0 unspecified atom stereocenters. The average Bonchev–Trinajstić information content (AvgIpc) is 2.53. The van der Waals surface area contributed by atoms with Crippen molar-refractivity contribution in [3.05, 3.63) is 68.1 Å². The summed E-state index contributed by atoms with van der Waals surface area (Å²) in [6.07, 6.45) is 0.0378. The van der Waals surface area contributed by atoms with E-state index in [1.165, 1.54) is 24.3 Å². The first-order valence-corrected chi connectivity index (χ1v) is 8.67. The van der Waals surface area contributed by atoms with Gasteiger partial charge in [0.25, 0.3) is 5.91 Å². The summed E-state index contributed by atoms with van der Waals surface area (Å²) in [5.41, 5.74) is 1.03. The summed E-state index contributed by atoms with van der Waals surface area (Å²) in [6, 6.07) is 9.63. The highest BCUT2D eigenvalue weighted by atomic mass is 79.9. The third-order valence-electron chi connectivity index (χ3n) is 3.37. The Hall–Kier alpha value is -2.19. The predicted molar refractivity (Wildman–Crippen MR) is 97.8 cm³/mol. The van der Waals surface area contributed by atoms with E-state index in [4.69, 9.17) is 5.11 Å². The summed E-state index contributed by atoms with van der Waals surface area (Å²) in [4.78, 5) is 34.6. The summed E-state index contributed by atoms with van der Waals surface area (Å²) in [5, 5.41) is 20.7. The van der Waals surface area contributed by atoms with E-state index in [-0.39, 0.29) is 12.0 Å². The van der Waals surface area contributed by atoms with Crippen LogP contribution in [0, 0.1) is 0 Å². The van der Waals surface area contributed by atoms with E-state index >= 15 is 0 Å². The van der Waals surface area contributed by atoms with Crippen molar-refractivity contribution in [1.29, 1.82) is 0 Å². The zero-order chi connectivity index (χ0) is 18.6. The zero-order valence-corrected chi connectivity index (χ0v) is 15.9. The van der Waals surface area contributed by atoms with Crippen LogP contribution in [-0.4, -0.2) is 34.1 Å². The second kappa shape index (κ2) is 8.26. The number of rotatable bonds is 6. The predicted octanol–water partition coefficient (Wildman–Crippen LogP) is 3.34. The lowest BCUT2D eigenvalue weighted by Crippen LogP contribution is -2.42. The normalized spacial score (nSPS) is 11.6. The van der Waals surface area contributed by atoms with Crippen molar-refractivity contribution in [1.82, 2.24) is 5.32 Å². The molecule has 0 aliphatic rings. The number of aliphatic carboxylic acids is 1. The van der Waals surface area contributed by atoms with Crippen LogP contribution in [0.2, 0.25) is 0 Å². The fourth-order valence-electron chi connectivity index (χ4n) is 2.15. The fourth-order valence-corrected chi connectivity index (χ4v) is 3.44. The van der Waals surface area contributed by atoms with Crippen LogP contribution in [0.4, 0.5) is 0 Å². The molecule has 1 atom stereocenters. The van der Waals surface area contributed by atoms with E-state index in [9.17, 15) is 19.5 Å². The molecule has 0 radical (unpaired) electrons. The number of aromatic carboxylic acids is 1. The smallest absolute Gasteiger partial charge is 0.335 e. The topological polar surface area (TPSA) is 104 Å². The van der Waals surface area contributed by atoms with Crippen molar-refractivity contribution >= 4 is 49.7 Å². The van der Waals surface area contributed by atoms with E-state index in [1.807, 2.05) is 0 Å². The minimum absolute atomic E-state index is 0.0378. The Balaban J connectivity index is 2.13. The molecule has 8 heteroatoms. The lowest BCUT2D eigenvalue weighted by Gasteiger charge is -2.15. The molecule has 1 amide bonds. The lowest BCUT2D eigenvalue weighted by molar-refractivity contribution is -0.139. The van der Waals surface area contributed by atoms with Gasteiger partial charge in [0.15, 0.2) is 0 Å². The first-order valence-electron chi connectivity index (χ1n) is 7.08. The number of hydrogen-bond donors (Lipinski definition) is 3. The molecule has 25 heavy (non-hydrogen) atoms. The molecule has 2 rings (SSSR count). The molecule has 0 aliphatic heterocycles. The highest BCUT2D eigenvalue weighted by Gasteiger charge is 2.21. The van der Waals surface area contributed by atoms with Crippen molar-refractivity contribution < 1.29 is 24.6 Å². The summed E-state index contributed by atoms with van der Waals surface area (Å²) < 4.78 is 1.37. The van der Waals surface area contributed by atoms with Crippen LogP contribution in [0.15, 0.2) is 51.4 Å². The summed E-state index contributed by atoms with van der Waals surface area (Å²) in [5.74, 6) is -2.75. The summed E-state index contributed by atoms with van der Waals surface area (Å²) >= 11 is 6.55. The molecule has 0 bridgehead atoms. The average molecular weight is 471 g/mol. The minimum Gasteiger partial charge on any atom is -0.480 e. The lowest BCUT2D eigenvalue weighted by atomic mass is 10.0. The SMILES string of the molecule is O=C(O)c1ccc(C[C@@H](NC(=O)c2cc(Br)cc(Br)c2)C(=O)O)cc1. The van der Waals surface area contributed by atoms with Crippen LogP contribution in [0.5, 0.6) is 0 Å². The fraction of sp³-hybridized carbons (Fsp3) is 0.118. The van der Waals surface area contributed by atoms with E-state index in [0.29, 0.717) is 20.1 Å². The molecular weight excluding hydrogens is 458 g/mol. The number of carboxylic acids is 2. The highest BCUT2D eigenvalue weighted by Crippen LogP contribution is 2.20. The van der Waals surface area contributed by atoms with Crippen molar-refractivity contribution in [3.63, 3.8) is 0 Å². The molecule has 0 spiro atoms. The second-order valence-electron chi connectivity index (χ2n) is 5.23. The third kappa shape index (κ3) is 5.40. The molecular formula is C17H13Br2NO5. The van der Waals surface area contributed by atoms with Gasteiger partial charge in [-0.2, -0.15) is 0 Å². The molecule has 0 fully saturated rings. The van der Waals surface area contributed by atoms with Crippen LogP contribution in [0.25, 0.3) is 0 Å². The van der Waals surface area contributed by atoms with Gasteiger partial charge in [0, 0.05) is 20.9 Å². The van der Waals surface area contributed by atoms with Crippen LogP contribution >= 0.6 is 31.9 Å². The monoisotopic (exact) mass is 469 g/mol. The maximum atomic E-state index is 12.3. The summed E-state index contributed by atoms with van der Waals surface area (Å²) in [7, 11) is 0. The number of nitrogens with one attached hydrogen (secondary N) is 1. The zero-order valence-electron chi connectivity index (χ0n) is 12.7. The number of hydrogen-bond acceptors (Lipinski definition) is 3. The van der Waals surface area contributed by atoms with Crippen LogP contribution in [0.3, 0.4) is 0 Å². The van der Waals surface area contributed by atoms with Gasteiger partial charge in [-0.15, -0.1) is 0 Å². The van der Waals surface area contributed by atoms with Gasteiger partial charge < -0.3 is 15.5 Å². The highest BCUT2D eigenvalue weighted by molar-refractivity contribution is 9.11. The molecule has 0 heterocycles. The Kier molecular flexibility index (Phi) is 6.33. The van der Waals surface area contributed by atoms with Gasteiger partial charge >= 0.3 is 11.9 Å². The van der Waals surface area contributed by atoms with Crippen molar-refractivity contribution in [2.24, 2.45) is 0 Å². The van der Waals surface area contributed by atoms with Crippen molar-refractivity contribution in [2.75, 3.05) is 0 Å². The molecule has 0 saturated heterocycles. The number of carbonyl (C=O) groups excluding carboxylic acids is 1. The maximum absolute atomic E-state index is 12.3. The van der Waals surface area contributed by atoms with Crippen LogP contribution in [-0.2, 0) is 11.2 Å². The number of carbonyl (C=O) groups is 3. The number of halogens is 2. The van der Waals surface area contributed by atoms with E-state index in [0.717, 1.165) is 0 Å². The molecule has 6 nitrogen and oxygen atoms in total. The van der Waals surface area contributed by atoms with Crippen molar-refractivity contribution in [2.45, 2.75) is 12.5 Å². The van der Waals surface area contributed by atoms with Crippen molar-refractivity contribution in [3.8, 4) is 0 Å². The number of benzene rings is 2. The molecule has 2 aromatic carbocycles. The Bertz CT molecular complexity index is 800. The molecule has 0 aliphatic carbocycles. The Morgan fingerprint density at radius 1 is 0.920 bits per heavy atom. The maximum Gasteiger partial charge on any atom is 0.335 e. The number of amides is 1. The Labute approximate surface area is 160 Å². The van der Waals surface area contributed by atoms with Crippen LogP contribution in [0.1, 0.15) is 26.3 Å². The first-order chi connectivity index (χ1) is 11.8. The van der Waals surface area contributed by atoms with Gasteiger partial charge in [0.1, 0.15) is 6.04 Å². The third-order valence-corrected chi connectivity index (χ3v) is 4.28. The Morgan fingerprint density at radius 2 is 1.48 bits per heavy atom. The molecule has 3 N–H and O–H groups in total. The van der Waals surface area contributed by atoms with E-state index in [1.54, 1.807) is 18.2 Å². The van der Waals surface area contributed by atoms with E-state index < -0.39 is 23.9 Å². The van der Waals surface area contributed by atoms with Gasteiger partial charge in [-0.05, 0) is 35.9 Å². The van der Waals surface area contributed by atoms with Crippen LogP contribution < -0.4 is 5.32 Å². The summed E-state index contributed by atoms with van der Waals surface area (Å²) in [6.45, 7) is 0. The minimum atomic E-state index is -1.18. The molecule has 130 valence electrons. The first kappa shape index (κ1) is 19.1. The van der Waals surface area contributed by atoms with Gasteiger partial charge in [-0.3, -0.25) is 4.79 Å². The largest absolute Gasteiger partial charge is 0.480 e. The van der Waals surface area contributed by atoms with Gasteiger partial charge in [0.2, 0.25) is 0 Å². The van der Waals surface area contributed by atoms with Gasteiger partial charge in [-0.25, -0.2) is 9.59 Å². The number of carboxylic acid groups (broad SMARTS) is 2. The van der Waals surface area contributed by atoms with Gasteiger partial charge in [0.05, 0.1) is 5.56 Å². The molecule has 0 saturated carbocycles. The quantitative estimate of drug-likeness (QED) is 0.600. The molecule has 0 aromatic heterocycles. The van der Waals surface area contributed by atoms with Gasteiger partial charge in [-0.1, -0.05) is 44.0 Å². The standard InChI is InChI=1S/C17H13Br2NO5/c18-12-6-11(7-13(19)8-12)15(21)20-14(17(24)25)5-9-1-3-10(4-2-9)16(22)23/h1-4,6-8,14H,5H2,(H,20,21)(H,22,23)(H,24,25)/t14-/m1/s1. The second-order valence-corrected chi connectivity index (χ2v) is 7.06. The molecule has 2 aromatic rings.